The number of benzene rings is 2. The van der Waals surface area contributed by atoms with Crippen LogP contribution in [0.2, 0.25) is 5.02 Å². The van der Waals surface area contributed by atoms with Gasteiger partial charge in [0.15, 0.2) is 0 Å². The van der Waals surface area contributed by atoms with Crippen molar-refractivity contribution >= 4 is 39.3 Å². The Morgan fingerprint density at radius 2 is 1.88 bits per heavy atom. The van der Waals surface area contributed by atoms with Crippen molar-refractivity contribution in [1.29, 1.82) is 0 Å². The first-order valence-corrected chi connectivity index (χ1v) is 9.26. The molecule has 2 aromatic rings. The molecule has 25 heavy (non-hydrogen) atoms. The van der Waals surface area contributed by atoms with Crippen LogP contribution in [0.5, 0.6) is 0 Å². The molecule has 5 nitrogen and oxygen atoms in total. The van der Waals surface area contributed by atoms with Gasteiger partial charge in [-0.25, -0.2) is 17.5 Å². The van der Waals surface area contributed by atoms with Gasteiger partial charge in [0.25, 0.3) is 0 Å². The second kappa shape index (κ2) is 8.75. The Labute approximate surface area is 150 Å². The van der Waals surface area contributed by atoms with Crippen LogP contribution in [0.4, 0.5) is 10.1 Å². The van der Waals surface area contributed by atoms with E-state index in [0.29, 0.717) is 5.69 Å². The van der Waals surface area contributed by atoms with E-state index in [0.717, 1.165) is 17.0 Å². The summed E-state index contributed by atoms with van der Waals surface area (Å²) in [6.45, 7) is -0.0672. The lowest BCUT2D eigenvalue weighted by atomic mass is 10.2. The maximum atomic E-state index is 13.0. The van der Waals surface area contributed by atoms with Crippen molar-refractivity contribution in [3.8, 4) is 0 Å². The van der Waals surface area contributed by atoms with E-state index in [4.69, 9.17) is 11.6 Å². The Bertz CT molecular complexity index is 871. The second-order valence-electron chi connectivity index (χ2n) is 5.08. The summed E-state index contributed by atoms with van der Waals surface area (Å²) in [4.78, 5) is 11.8. The Morgan fingerprint density at radius 3 is 2.56 bits per heavy atom. The Hall–Kier alpha value is -2.22. The number of halogens is 2. The standard InChI is InChI=1S/C17H16ClFN2O3S/c18-15-12-14(6-7-16(15)19)21-17(22)8-10-20-25(23,24)11-9-13-4-2-1-3-5-13/h1-7,9,11-12,20H,8,10H2,(H,21,22)/b11-9+. The molecule has 8 heteroatoms. The largest absolute Gasteiger partial charge is 0.326 e. The minimum Gasteiger partial charge on any atom is -0.326 e. The van der Waals surface area contributed by atoms with E-state index in [-0.39, 0.29) is 18.0 Å². The molecular weight excluding hydrogens is 367 g/mol. The van der Waals surface area contributed by atoms with Gasteiger partial charge in [0, 0.05) is 24.1 Å². The Kier molecular flexibility index (Phi) is 6.69. The number of hydrogen-bond donors (Lipinski definition) is 2. The molecule has 0 spiro atoms. The van der Waals surface area contributed by atoms with Crippen LogP contribution in [0.1, 0.15) is 12.0 Å². The zero-order valence-corrected chi connectivity index (χ0v) is 14.6. The second-order valence-corrected chi connectivity index (χ2v) is 7.14. The molecule has 1 amide bonds. The minimum atomic E-state index is -3.64. The number of hydrogen-bond acceptors (Lipinski definition) is 3. The quantitative estimate of drug-likeness (QED) is 0.770. The highest BCUT2D eigenvalue weighted by Gasteiger charge is 2.08. The first kappa shape index (κ1) is 19.1. The number of amides is 1. The van der Waals surface area contributed by atoms with Gasteiger partial charge in [-0.15, -0.1) is 0 Å². The molecule has 0 saturated heterocycles. The van der Waals surface area contributed by atoms with Gasteiger partial charge in [-0.3, -0.25) is 4.79 Å². The SMILES string of the molecule is O=C(CCNS(=O)(=O)/C=C/c1ccccc1)Nc1ccc(F)c(Cl)c1. The molecule has 0 fully saturated rings. The molecular formula is C17H16ClFN2O3S. The van der Waals surface area contributed by atoms with Crippen LogP contribution in [0.15, 0.2) is 53.9 Å². The smallest absolute Gasteiger partial charge is 0.233 e. The van der Waals surface area contributed by atoms with Crippen molar-refractivity contribution in [3.63, 3.8) is 0 Å². The third-order valence-corrected chi connectivity index (χ3v) is 4.49. The maximum absolute atomic E-state index is 13.0. The number of carbonyl (C=O) groups excluding carboxylic acids is 1. The summed E-state index contributed by atoms with van der Waals surface area (Å²) in [7, 11) is -3.64. The van der Waals surface area contributed by atoms with Gasteiger partial charge in [-0.05, 0) is 29.8 Å². The molecule has 0 atom stereocenters. The van der Waals surface area contributed by atoms with Crippen molar-refractivity contribution < 1.29 is 17.6 Å². The van der Waals surface area contributed by atoms with Crippen LogP contribution in [0.25, 0.3) is 6.08 Å². The van der Waals surface area contributed by atoms with Gasteiger partial charge in [0.2, 0.25) is 15.9 Å². The molecule has 132 valence electrons. The molecule has 2 aromatic carbocycles. The summed E-state index contributed by atoms with van der Waals surface area (Å²) in [6.07, 6.45) is 1.39. The van der Waals surface area contributed by atoms with Gasteiger partial charge in [0.05, 0.1) is 5.02 Å². The molecule has 0 saturated carbocycles. The Balaban J connectivity index is 1.81. The summed E-state index contributed by atoms with van der Waals surface area (Å²) in [5, 5.41) is 3.45. The molecule has 0 bridgehead atoms. The molecule has 0 aliphatic heterocycles. The first-order valence-electron chi connectivity index (χ1n) is 7.33. The zero-order valence-electron chi connectivity index (χ0n) is 13.1. The summed E-state index contributed by atoms with van der Waals surface area (Å²) < 4.78 is 39.0. The summed E-state index contributed by atoms with van der Waals surface area (Å²) in [5.74, 6) is -1.00. The van der Waals surface area contributed by atoms with Crippen molar-refractivity contribution in [1.82, 2.24) is 4.72 Å². The molecule has 0 heterocycles. The minimum absolute atomic E-state index is 0.0672. The topological polar surface area (TPSA) is 75.3 Å². The molecule has 0 radical (unpaired) electrons. The lowest BCUT2D eigenvalue weighted by Crippen LogP contribution is -2.26. The normalized spacial score (nSPS) is 11.6. The van der Waals surface area contributed by atoms with Crippen LogP contribution < -0.4 is 10.0 Å². The number of sulfonamides is 1. The van der Waals surface area contributed by atoms with Crippen molar-refractivity contribution in [2.24, 2.45) is 0 Å². The van der Waals surface area contributed by atoms with E-state index in [1.807, 2.05) is 6.07 Å². The van der Waals surface area contributed by atoms with Crippen LogP contribution in [0.3, 0.4) is 0 Å². The highest BCUT2D eigenvalue weighted by molar-refractivity contribution is 7.92. The van der Waals surface area contributed by atoms with E-state index in [2.05, 4.69) is 10.0 Å². The number of rotatable bonds is 7. The first-order chi connectivity index (χ1) is 11.9. The summed E-state index contributed by atoms with van der Waals surface area (Å²) >= 11 is 5.62. The van der Waals surface area contributed by atoms with Gasteiger partial charge >= 0.3 is 0 Å². The lowest BCUT2D eigenvalue weighted by molar-refractivity contribution is -0.116. The van der Waals surface area contributed by atoms with Crippen molar-refractivity contribution in [2.45, 2.75) is 6.42 Å². The fourth-order valence-corrected chi connectivity index (χ4v) is 2.88. The van der Waals surface area contributed by atoms with Crippen LogP contribution in [-0.2, 0) is 14.8 Å². The van der Waals surface area contributed by atoms with Gasteiger partial charge in [-0.1, -0.05) is 41.9 Å². The van der Waals surface area contributed by atoms with E-state index in [1.54, 1.807) is 24.3 Å². The highest BCUT2D eigenvalue weighted by atomic mass is 35.5. The molecule has 2 N–H and O–H groups in total. The predicted molar refractivity (Wildman–Crippen MR) is 97.1 cm³/mol. The fraction of sp³-hybridized carbons (Fsp3) is 0.118. The lowest BCUT2D eigenvalue weighted by Gasteiger charge is -2.06. The number of nitrogens with one attached hydrogen (secondary N) is 2. The van der Waals surface area contributed by atoms with E-state index in [1.165, 1.54) is 18.2 Å². The molecule has 0 aromatic heterocycles. The van der Waals surface area contributed by atoms with Crippen LogP contribution in [0, 0.1) is 5.82 Å². The Morgan fingerprint density at radius 1 is 1.16 bits per heavy atom. The van der Waals surface area contributed by atoms with Crippen molar-refractivity contribution in [2.75, 3.05) is 11.9 Å². The molecule has 0 aliphatic carbocycles. The van der Waals surface area contributed by atoms with E-state index >= 15 is 0 Å². The van der Waals surface area contributed by atoms with Gasteiger partial charge in [-0.2, -0.15) is 0 Å². The number of carbonyl (C=O) groups is 1. The average Bonchev–Trinajstić information content (AvgIpc) is 2.57. The monoisotopic (exact) mass is 382 g/mol. The fourth-order valence-electron chi connectivity index (χ4n) is 1.88. The highest BCUT2D eigenvalue weighted by Crippen LogP contribution is 2.19. The predicted octanol–water partition coefficient (Wildman–Crippen LogP) is 3.40. The molecule has 2 rings (SSSR count). The van der Waals surface area contributed by atoms with E-state index in [9.17, 15) is 17.6 Å². The third kappa shape index (κ3) is 6.66. The van der Waals surface area contributed by atoms with Gasteiger partial charge < -0.3 is 5.32 Å². The molecule has 0 aliphatic rings. The number of anilines is 1. The van der Waals surface area contributed by atoms with Crippen molar-refractivity contribution in [3.05, 3.63) is 70.3 Å². The molecule has 0 unspecified atom stereocenters. The van der Waals surface area contributed by atoms with Crippen LogP contribution in [-0.4, -0.2) is 20.9 Å². The van der Waals surface area contributed by atoms with Gasteiger partial charge in [0.1, 0.15) is 5.82 Å². The third-order valence-electron chi connectivity index (χ3n) is 3.10. The summed E-state index contributed by atoms with van der Waals surface area (Å²) in [6, 6.07) is 12.7. The maximum Gasteiger partial charge on any atom is 0.233 e. The van der Waals surface area contributed by atoms with Crippen LogP contribution >= 0.6 is 11.6 Å². The zero-order chi connectivity index (χ0) is 18.3. The average molecular weight is 383 g/mol. The summed E-state index contributed by atoms with van der Waals surface area (Å²) in [5.41, 5.74) is 1.09. The van der Waals surface area contributed by atoms with E-state index < -0.39 is 21.7 Å².